The van der Waals surface area contributed by atoms with Gasteiger partial charge in [0.25, 0.3) is 0 Å². The van der Waals surface area contributed by atoms with E-state index in [-0.39, 0.29) is 11.7 Å². The zero-order valence-electron chi connectivity index (χ0n) is 20.5. The number of nitrogens with one attached hydrogen (secondary N) is 2. The Kier molecular flexibility index (Phi) is 8.38. The summed E-state index contributed by atoms with van der Waals surface area (Å²) in [7, 11) is 0. The molecule has 34 heavy (non-hydrogen) atoms. The van der Waals surface area contributed by atoms with Crippen LogP contribution in [0, 0.1) is 6.92 Å². The number of benzene rings is 1. The lowest BCUT2D eigenvalue weighted by molar-refractivity contribution is 0.0527. The molecule has 0 aliphatic rings. The molecule has 3 aromatic rings. The molecule has 2 heterocycles. The number of ether oxygens (including phenoxy) is 1. The van der Waals surface area contributed by atoms with E-state index in [0.29, 0.717) is 42.3 Å². The smallest absolute Gasteiger partial charge is 0.407 e. The Bertz CT molecular complexity index is 1180. The molecule has 0 radical (unpaired) electrons. The number of rotatable bonds is 9. The molecule has 2 N–H and O–H groups in total. The van der Waals surface area contributed by atoms with E-state index in [2.05, 4.69) is 22.7 Å². The average Bonchev–Trinajstić information content (AvgIpc) is 3.06. The lowest BCUT2D eigenvalue weighted by atomic mass is 10.1. The number of carbonyl (C=O) groups is 1. The number of hydrogen-bond acceptors (Lipinski definition) is 5. The number of hydrogen-bond donors (Lipinski definition) is 2. The maximum absolute atomic E-state index is 13.4. The maximum Gasteiger partial charge on any atom is 0.407 e. The van der Waals surface area contributed by atoms with Crippen molar-refractivity contribution in [3.05, 3.63) is 68.9 Å². The van der Waals surface area contributed by atoms with Gasteiger partial charge in [-0.2, -0.15) is 9.61 Å². The van der Waals surface area contributed by atoms with Gasteiger partial charge in [0.05, 0.1) is 22.8 Å². The van der Waals surface area contributed by atoms with Gasteiger partial charge in [0, 0.05) is 18.3 Å². The maximum atomic E-state index is 13.4. The first kappa shape index (κ1) is 25.8. The van der Waals surface area contributed by atoms with Crippen LogP contribution in [0.4, 0.5) is 4.79 Å². The van der Waals surface area contributed by atoms with Gasteiger partial charge in [0.2, 0.25) is 0 Å². The largest absolute Gasteiger partial charge is 0.444 e. The molecular formula is C25H34ClN5O3. The standard InChI is InChI=1S/C25H34ClN5O3/c1-6-19(27-13-10-14-28-23(32)34-25(3,4)5)20-15-21-22(26)17(2)29-31(21)24(33)30(20)16-18-11-8-7-9-12-18/h7-9,11-12,15,19,27H,6,10,13-14,16H2,1-5H3,(H,28,32)/t19-/m1/s1. The number of fused-ring (bicyclic) bond motifs is 1. The fourth-order valence-corrected chi connectivity index (χ4v) is 3.95. The average molecular weight is 488 g/mol. The molecule has 8 nitrogen and oxygen atoms in total. The highest BCUT2D eigenvalue weighted by Gasteiger charge is 2.20. The first-order valence-corrected chi connectivity index (χ1v) is 12.0. The van der Waals surface area contributed by atoms with Crippen molar-refractivity contribution in [3.63, 3.8) is 0 Å². The topological polar surface area (TPSA) is 89.7 Å². The molecule has 0 fully saturated rings. The van der Waals surface area contributed by atoms with Gasteiger partial charge in [-0.3, -0.25) is 4.57 Å². The molecule has 0 aliphatic carbocycles. The molecule has 0 aliphatic heterocycles. The van der Waals surface area contributed by atoms with Crippen LogP contribution in [0.15, 0.2) is 41.2 Å². The fraction of sp³-hybridized carbons (Fsp3) is 0.480. The van der Waals surface area contributed by atoms with Crippen LogP contribution in [0.25, 0.3) is 5.52 Å². The predicted molar refractivity (Wildman–Crippen MR) is 135 cm³/mol. The van der Waals surface area contributed by atoms with Gasteiger partial charge in [-0.1, -0.05) is 48.9 Å². The molecule has 1 atom stereocenters. The molecule has 0 unspecified atom stereocenters. The Morgan fingerprint density at radius 2 is 1.91 bits per heavy atom. The molecule has 1 amide bonds. The number of carbonyl (C=O) groups excluding carboxylic acids is 1. The quantitative estimate of drug-likeness (QED) is 0.435. The fourth-order valence-electron chi connectivity index (χ4n) is 3.78. The van der Waals surface area contributed by atoms with Gasteiger partial charge >= 0.3 is 11.8 Å². The van der Waals surface area contributed by atoms with Gasteiger partial charge in [0.15, 0.2) is 0 Å². The molecular weight excluding hydrogens is 454 g/mol. The number of amides is 1. The normalized spacial score (nSPS) is 12.6. The van der Waals surface area contributed by atoms with Crippen LogP contribution in [0.2, 0.25) is 5.02 Å². The van der Waals surface area contributed by atoms with Crippen molar-refractivity contribution < 1.29 is 9.53 Å². The van der Waals surface area contributed by atoms with E-state index in [9.17, 15) is 9.59 Å². The first-order valence-electron chi connectivity index (χ1n) is 11.6. The van der Waals surface area contributed by atoms with Crippen LogP contribution in [-0.4, -0.2) is 39.0 Å². The van der Waals surface area contributed by atoms with Gasteiger partial charge in [0.1, 0.15) is 5.60 Å². The van der Waals surface area contributed by atoms with Crippen LogP contribution < -0.4 is 16.3 Å². The Labute approximate surface area is 205 Å². The Balaban J connectivity index is 1.79. The van der Waals surface area contributed by atoms with Crippen molar-refractivity contribution in [1.29, 1.82) is 0 Å². The summed E-state index contributed by atoms with van der Waals surface area (Å²) in [6.45, 7) is 10.9. The lowest BCUT2D eigenvalue weighted by Crippen LogP contribution is -2.36. The van der Waals surface area contributed by atoms with Crippen LogP contribution in [0.1, 0.15) is 63.5 Å². The molecule has 0 saturated heterocycles. The van der Waals surface area contributed by atoms with E-state index >= 15 is 0 Å². The summed E-state index contributed by atoms with van der Waals surface area (Å²) in [5.41, 5.74) is 2.36. The minimum atomic E-state index is -0.524. The Morgan fingerprint density at radius 3 is 2.56 bits per heavy atom. The summed E-state index contributed by atoms with van der Waals surface area (Å²) in [4.78, 5) is 25.3. The zero-order chi connectivity index (χ0) is 24.9. The van der Waals surface area contributed by atoms with Crippen molar-refractivity contribution >= 4 is 23.2 Å². The summed E-state index contributed by atoms with van der Waals surface area (Å²) in [6, 6.07) is 11.7. The Morgan fingerprint density at radius 1 is 1.21 bits per heavy atom. The van der Waals surface area contributed by atoms with E-state index in [0.717, 1.165) is 17.7 Å². The summed E-state index contributed by atoms with van der Waals surface area (Å²) >= 11 is 6.46. The molecule has 184 valence electrons. The van der Waals surface area contributed by atoms with Crippen LogP contribution in [-0.2, 0) is 11.3 Å². The number of alkyl carbamates (subject to hydrolysis) is 1. The molecule has 0 bridgehead atoms. The second-order valence-electron chi connectivity index (χ2n) is 9.32. The molecule has 1 aromatic carbocycles. The molecule has 0 spiro atoms. The van der Waals surface area contributed by atoms with E-state index in [1.54, 1.807) is 11.5 Å². The van der Waals surface area contributed by atoms with Gasteiger partial charge in [-0.25, -0.2) is 9.59 Å². The summed E-state index contributed by atoms with van der Waals surface area (Å²) < 4.78 is 8.40. The third kappa shape index (κ3) is 6.39. The molecule has 0 saturated carbocycles. The van der Waals surface area contributed by atoms with Gasteiger partial charge in [-0.15, -0.1) is 0 Å². The van der Waals surface area contributed by atoms with E-state index in [1.807, 2.05) is 57.2 Å². The van der Waals surface area contributed by atoms with Crippen LogP contribution in [0.3, 0.4) is 0 Å². The molecule has 9 heteroatoms. The highest BCUT2D eigenvalue weighted by atomic mass is 35.5. The second kappa shape index (κ2) is 11.1. The third-order valence-electron chi connectivity index (χ3n) is 5.39. The summed E-state index contributed by atoms with van der Waals surface area (Å²) in [5, 5.41) is 11.1. The number of halogens is 1. The predicted octanol–water partition coefficient (Wildman–Crippen LogP) is 4.46. The highest BCUT2D eigenvalue weighted by Crippen LogP contribution is 2.24. The number of nitrogens with zero attached hydrogens (tertiary/aromatic N) is 3. The van der Waals surface area contributed by atoms with E-state index in [4.69, 9.17) is 16.3 Å². The highest BCUT2D eigenvalue weighted by molar-refractivity contribution is 6.34. The SMILES string of the molecule is CC[C@@H](NCCCNC(=O)OC(C)(C)C)c1cc2c(Cl)c(C)nn2c(=O)n1Cc1ccccc1. The van der Waals surface area contributed by atoms with E-state index < -0.39 is 11.7 Å². The minimum absolute atomic E-state index is 0.0748. The summed E-state index contributed by atoms with van der Waals surface area (Å²) in [6.07, 6.45) is 1.06. The van der Waals surface area contributed by atoms with Gasteiger partial charge in [-0.05, 0) is 58.7 Å². The zero-order valence-corrected chi connectivity index (χ0v) is 21.3. The van der Waals surface area contributed by atoms with Crippen molar-refractivity contribution in [2.45, 2.75) is 65.6 Å². The van der Waals surface area contributed by atoms with Crippen LogP contribution >= 0.6 is 11.6 Å². The van der Waals surface area contributed by atoms with Crippen molar-refractivity contribution in [1.82, 2.24) is 24.8 Å². The van der Waals surface area contributed by atoms with Crippen molar-refractivity contribution in [2.75, 3.05) is 13.1 Å². The second-order valence-corrected chi connectivity index (χ2v) is 9.70. The third-order valence-corrected chi connectivity index (χ3v) is 5.86. The van der Waals surface area contributed by atoms with E-state index in [1.165, 1.54) is 4.52 Å². The Hall–Kier alpha value is -2.84. The van der Waals surface area contributed by atoms with Crippen molar-refractivity contribution in [2.24, 2.45) is 0 Å². The lowest BCUT2D eigenvalue weighted by Gasteiger charge is -2.23. The molecule has 3 rings (SSSR count). The monoisotopic (exact) mass is 487 g/mol. The minimum Gasteiger partial charge on any atom is -0.444 e. The van der Waals surface area contributed by atoms with Crippen molar-refractivity contribution in [3.8, 4) is 0 Å². The van der Waals surface area contributed by atoms with Crippen LogP contribution in [0.5, 0.6) is 0 Å². The summed E-state index contributed by atoms with van der Waals surface area (Å²) in [5.74, 6) is 0. The number of aromatic nitrogens is 3. The van der Waals surface area contributed by atoms with Gasteiger partial charge < -0.3 is 15.4 Å². The first-order chi connectivity index (χ1) is 16.1. The number of aryl methyl sites for hydroxylation is 1. The molecule has 2 aromatic heterocycles.